The molecule has 9 atom stereocenters. The lowest BCUT2D eigenvalue weighted by atomic mass is 10.0. The molecule has 1 saturated heterocycles. The molecule has 21 heteroatoms. The zero-order valence-electron chi connectivity index (χ0n) is 32.3. The van der Waals surface area contributed by atoms with Crippen LogP contribution < -0.4 is 54.0 Å². The maximum Gasteiger partial charge on any atom is 0.245 e. The van der Waals surface area contributed by atoms with E-state index in [0.29, 0.717) is 12.8 Å². The molecule has 10 amide bonds. The smallest absolute Gasteiger partial charge is 0.245 e. The minimum absolute atomic E-state index is 0.279. The molecule has 0 aromatic heterocycles. The molecule has 304 valence electrons. The van der Waals surface area contributed by atoms with Gasteiger partial charge >= 0.3 is 0 Å². The second-order valence-corrected chi connectivity index (χ2v) is 13.8. The number of hydrogen-bond donors (Lipinski definition) is 10. The fourth-order valence-corrected chi connectivity index (χ4v) is 5.07. The van der Waals surface area contributed by atoms with Gasteiger partial charge in [-0.3, -0.25) is 47.9 Å². The Bertz CT molecular complexity index is 1440. The molecule has 0 saturated carbocycles. The van der Waals surface area contributed by atoms with Crippen LogP contribution in [0.1, 0.15) is 75.2 Å². The molecule has 0 unspecified atom stereocenters. The van der Waals surface area contributed by atoms with Crippen molar-refractivity contribution in [1.29, 1.82) is 0 Å². The minimum atomic E-state index is -1.16. The van der Waals surface area contributed by atoms with E-state index in [4.69, 9.17) is 11.5 Å². The highest BCUT2D eigenvalue weighted by Gasteiger charge is 2.37. The quantitative estimate of drug-likeness (QED) is 0.0594. The molecule has 0 aromatic carbocycles. The number of hydrogen-bond acceptors (Lipinski definition) is 11. The predicted octanol–water partition coefficient (Wildman–Crippen LogP) is -4.90. The number of primary amides is 1. The first-order valence-corrected chi connectivity index (χ1v) is 17.7. The van der Waals surface area contributed by atoms with E-state index in [2.05, 4.69) is 42.5 Å². The van der Waals surface area contributed by atoms with Crippen LogP contribution in [0.3, 0.4) is 0 Å². The number of carbonyl (C=O) groups is 10. The van der Waals surface area contributed by atoms with Crippen LogP contribution in [0.4, 0.5) is 0 Å². The van der Waals surface area contributed by atoms with Gasteiger partial charge in [-0.25, -0.2) is 0 Å². The van der Waals surface area contributed by atoms with Crippen molar-refractivity contribution in [3.8, 4) is 0 Å². The van der Waals surface area contributed by atoms with Gasteiger partial charge in [-0.15, -0.1) is 0 Å². The molecule has 0 bridgehead atoms. The second kappa shape index (κ2) is 21.4. The maximum atomic E-state index is 13.0. The zero-order valence-corrected chi connectivity index (χ0v) is 32.3. The van der Waals surface area contributed by atoms with Gasteiger partial charge in [-0.2, -0.15) is 0 Å². The highest BCUT2D eigenvalue weighted by Crippen LogP contribution is 2.19. The molecule has 1 fully saturated rings. The Balaban J connectivity index is 2.56. The Morgan fingerprint density at radius 1 is 0.574 bits per heavy atom. The number of nitrogens with zero attached hydrogens (tertiary/aromatic N) is 1. The first-order chi connectivity index (χ1) is 25.0. The number of nitrogens with one attached hydrogen (secondary N) is 8. The van der Waals surface area contributed by atoms with Gasteiger partial charge in [0, 0.05) is 6.54 Å². The number of amides is 10. The summed E-state index contributed by atoms with van der Waals surface area (Å²) < 4.78 is 0. The minimum Gasteiger partial charge on any atom is -0.368 e. The molecule has 12 N–H and O–H groups in total. The van der Waals surface area contributed by atoms with Crippen molar-refractivity contribution in [2.45, 2.75) is 130 Å². The van der Waals surface area contributed by atoms with Gasteiger partial charge < -0.3 is 58.9 Å². The van der Waals surface area contributed by atoms with E-state index in [9.17, 15) is 47.9 Å². The summed E-state index contributed by atoms with van der Waals surface area (Å²) in [6.45, 7) is 12.9. The molecular weight excluding hydrogens is 710 g/mol. The Hall–Kier alpha value is -5.34. The average molecular weight is 768 g/mol. The van der Waals surface area contributed by atoms with Gasteiger partial charge in [0.1, 0.15) is 48.3 Å². The van der Waals surface area contributed by atoms with Crippen molar-refractivity contribution >= 4 is 59.1 Å². The van der Waals surface area contributed by atoms with E-state index in [1.165, 1.54) is 53.4 Å². The fourth-order valence-electron chi connectivity index (χ4n) is 5.07. The van der Waals surface area contributed by atoms with Crippen LogP contribution in [0.25, 0.3) is 0 Å². The summed E-state index contributed by atoms with van der Waals surface area (Å²) in [5.74, 6) is -6.93. The zero-order chi connectivity index (χ0) is 41.6. The third kappa shape index (κ3) is 14.6. The fraction of sp³-hybridized carbons (Fsp3) is 0.697. The normalized spacial score (nSPS) is 18.2. The van der Waals surface area contributed by atoms with E-state index < -0.39 is 120 Å². The van der Waals surface area contributed by atoms with E-state index in [1.807, 2.05) is 0 Å². The summed E-state index contributed by atoms with van der Waals surface area (Å²) in [5, 5.41) is 19.4. The predicted molar refractivity (Wildman–Crippen MR) is 193 cm³/mol. The number of nitrogens with two attached hydrogens (primary N) is 2. The summed E-state index contributed by atoms with van der Waals surface area (Å²) >= 11 is 0. The van der Waals surface area contributed by atoms with Crippen LogP contribution in [-0.2, 0) is 47.9 Å². The highest BCUT2D eigenvalue weighted by atomic mass is 16.2. The van der Waals surface area contributed by atoms with Gasteiger partial charge in [0.05, 0.1) is 12.6 Å². The first-order valence-electron chi connectivity index (χ1n) is 17.7. The van der Waals surface area contributed by atoms with E-state index in [-0.39, 0.29) is 12.5 Å². The van der Waals surface area contributed by atoms with Crippen molar-refractivity contribution in [2.75, 3.05) is 13.1 Å². The number of carbonyl (C=O) groups excluding carboxylic acids is 10. The van der Waals surface area contributed by atoms with Crippen LogP contribution >= 0.6 is 0 Å². The SMILES string of the molecule is CC(C)[C@H](NC(=O)[C@H](C)NC(=O)CNC(=O)[C@H](C)NC(=O)[C@H](C)NC(=O)[C@H](C)NC(=O)[C@H](C)NC(=O)[C@@H]1CCCN1C(=O)[C@H](C)NC(=O)[C@@H](C)N)C(N)=O. The van der Waals surface area contributed by atoms with Crippen molar-refractivity contribution in [3.05, 3.63) is 0 Å². The van der Waals surface area contributed by atoms with E-state index in [0.717, 1.165) is 0 Å². The molecule has 0 aromatic rings. The van der Waals surface area contributed by atoms with Crippen LogP contribution in [0.5, 0.6) is 0 Å². The van der Waals surface area contributed by atoms with Crippen molar-refractivity contribution in [3.63, 3.8) is 0 Å². The average Bonchev–Trinajstić information content (AvgIpc) is 3.58. The lowest BCUT2D eigenvalue weighted by molar-refractivity contribution is -0.141. The maximum absolute atomic E-state index is 13.0. The lowest BCUT2D eigenvalue weighted by Gasteiger charge is -2.28. The summed E-state index contributed by atoms with van der Waals surface area (Å²) in [5.41, 5.74) is 10.8. The monoisotopic (exact) mass is 767 g/mol. The molecule has 54 heavy (non-hydrogen) atoms. The molecule has 1 aliphatic heterocycles. The Morgan fingerprint density at radius 3 is 1.46 bits per heavy atom. The topological polar surface area (TPSA) is 322 Å². The van der Waals surface area contributed by atoms with Gasteiger partial charge in [0.2, 0.25) is 59.1 Å². The molecule has 0 radical (unpaired) electrons. The van der Waals surface area contributed by atoms with Crippen molar-refractivity contribution < 1.29 is 47.9 Å². The molecule has 1 heterocycles. The highest BCUT2D eigenvalue weighted by molar-refractivity contribution is 5.97. The molecule has 1 aliphatic rings. The molecule has 0 aliphatic carbocycles. The van der Waals surface area contributed by atoms with Gasteiger partial charge in [-0.05, 0) is 67.2 Å². The van der Waals surface area contributed by atoms with Gasteiger partial charge in [0.15, 0.2) is 0 Å². The lowest BCUT2D eigenvalue weighted by Crippen LogP contribution is -2.58. The van der Waals surface area contributed by atoms with Gasteiger partial charge in [-0.1, -0.05) is 13.8 Å². The van der Waals surface area contributed by atoms with Crippen LogP contribution in [0, 0.1) is 5.92 Å². The van der Waals surface area contributed by atoms with Crippen molar-refractivity contribution in [2.24, 2.45) is 17.4 Å². The van der Waals surface area contributed by atoms with Crippen molar-refractivity contribution in [1.82, 2.24) is 47.4 Å². The van der Waals surface area contributed by atoms with Crippen LogP contribution in [-0.4, -0.2) is 131 Å². The Labute approximate surface area is 314 Å². The summed E-state index contributed by atoms with van der Waals surface area (Å²) in [6.07, 6.45) is 0.872. The molecule has 21 nitrogen and oxygen atoms in total. The summed E-state index contributed by atoms with van der Waals surface area (Å²) in [7, 11) is 0. The standard InChI is InChI=1S/C33H57N11O10/c1-14(2)24(25(35)46)43-31(52)17(5)37-23(45)13-36-27(48)16(4)38-28(49)18(6)39-29(50)19(7)40-30(51)20(8)41-32(53)22-11-10-12-44(22)33(54)21(9)42-26(47)15(3)34/h14-22,24H,10-13,34H2,1-9H3,(H2,35,46)(H,36,48)(H,37,45)(H,38,49)(H,39,50)(H,40,51)(H,41,53)(H,42,47)(H,43,52)/t15-,16+,17+,18+,19+,20+,21+,22+,24+/m1/s1. The first kappa shape index (κ1) is 46.7. The summed E-state index contributed by atoms with van der Waals surface area (Å²) in [6, 6.07) is -9.18. The van der Waals surface area contributed by atoms with Crippen LogP contribution in [0.15, 0.2) is 0 Å². The number of likely N-dealkylation sites (tertiary alicyclic amines) is 1. The third-order valence-electron chi connectivity index (χ3n) is 8.45. The van der Waals surface area contributed by atoms with Crippen LogP contribution in [0.2, 0.25) is 0 Å². The molecule has 1 rings (SSSR count). The van der Waals surface area contributed by atoms with E-state index in [1.54, 1.807) is 13.8 Å². The molecule has 0 spiro atoms. The van der Waals surface area contributed by atoms with Gasteiger partial charge in [0.25, 0.3) is 0 Å². The second-order valence-electron chi connectivity index (χ2n) is 13.8. The Kier molecular flexibility index (Phi) is 18.5. The third-order valence-corrected chi connectivity index (χ3v) is 8.45. The molecular formula is C33H57N11O10. The number of rotatable bonds is 19. The summed E-state index contributed by atoms with van der Waals surface area (Å²) in [4.78, 5) is 126. The van der Waals surface area contributed by atoms with E-state index >= 15 is 0 Å². The Morgan fingerprint density at radius 2 is 1.00 bits per heavy atom. The largest absolute Gasteiger partial charge is 0.368 e.